The highest BCUT2D eigenvalue weighted by Crippen LogP contribution is 2.34. The second-order valence-electron chi connectivity index (χ2n) is 5.08. The van der Waals surface area contributed by atoms with Gasteiger partial charge in [-0.25, -0.2) is 4.39 Å². The van der Waals surface area contributed by atoms with E-state index >= 15 is 0 Å². The lowest BCUT2D eigenvalue weighted by Gasteiger charge is -2.22. The van der Waals surface area contributed by atoms with Crippen molar-refractivity contribution in [2.45, 2.75) is 50.9 Å². The van der Waals surface area contributed by atoms with Gasteiger partial charge in [-0.15, -0.1) is 0 Å². The van der Waals surface area contributed by atoms with Crippen LogP contribution in [-0.2, 0) is 6.42 Å². The molecule has 0 atom stereocenters. The molecule has 0 amide bonds. The van der Waals surface area contributed by atoms with E-state index in [1.54, 1.807) is 6.07 Å². The summed E-state index contributed by atoms with van der Waals surface area (Å²) in [6.45, 7) is 0.673. The van der Waals surface area contributed by atoms with Gasteiger partial charge in [-0.1, -0.05) is 31.4 Å². The van der Waals surface area contributed by atoms with E-state index in [9.17, 15) is 4.39 Å². The zero-order chi connectivity index (χ0) is 12.1. The van der Waals surface area contributed by atoms with Gasteiger partial charge in [0.2, 0.25) is 0 Å². The molecule has 0 radical (unpaired) electrons. The molecule has 1 aromatic rings. The summed E-state index contributed by atoms with van der Waals surface area (Å²) in [5.74, 6) is 0.443. The maximum atomic E-state index is 14.0. The molecule has 1 aliphatic rings. The van der Waals surface area contributed by atoms with Gasteiger partial charge in [-0.2, -0.15) is 0 Å². The van der Waals surface area contributed by atoms with Gasteiger partial charge < -0.3 is 5.73 Å². The molecule has 0 saturated heterocycles. The molecule has 1 saturated carbocycles. The van der Waals surface area contributed by atoms with Gasteiger partial charge >= 0.3 is 0 Å². The standard InChI is InChI=1S/C15H22FN/c16-15-11-12(5-4-10-17)8-9-14(15)13-6-2-1-3-7-13/h8-9,11,13H,1-7,10,17H2. The molecule has 1 nitrogen and oxygen atoms in total. The van der Waals surface area contributed by atoms with Crippen LogP contribution >= 0.6 is 0 Å². The monoisotopic (exact) mass is 235 g/mol. The predicted molar refractivity (Wildman–Crippen MR) is 69.6 cm³/mol. The Labute approximate surface area is 103 Å². The van der Waals surface area contributed by atoms with Gasteiger partial charge in [0.15, 0.2) is 0 Å². The number of benzene rings is 1. The number of hydrogen-bond acceptors (Lipinski definition) is 1. The average molecular weight is 235 g/mol. The van der Waals surface area contributed by atoms with Crippen molar-refractivity contribution >= 4 is 0 Å². The summed E-state index contributed by atoms with van der Waals surface area (Å²) < 4.78 is 14.0. The molecule has 2 rings (SSSR count). The first-order valence-electron chi connectivity index (χ1n) is 6.79. The molecule has 2 N–H and O–H groups in total. The fourth-order valence-corrected chi connectivity index (χ4v) is 2.78. The molecular weight excluding hydrogens is 213 g/mol. The lowest BCUT2D eigenvalue weighted by Crippen LogP contribution is -2.07. The number of aryl methyl sites for hydroxylation is 1. The first-order chi connectivity index (χ1) is 8.31. The Kier molecular flexibility index (Phi) is 4.55. The molecule has 1 aliphatic carbocycles. The van der Waals surface area contributed by atoms with Gasteiger partial charge in [0.05, 0.1) is 0 Å². The summed E-state index contributed by atoms with van der Waals surface area (Å²) in [5, 5.41) is 0. The van der Waals surface area contributed by atoms with Crippen LogP contribution in [0.2, 0.25) is 0 Å². The van der Waals surface area contributed by atoms with Crippen molar-refractivity contribution in [3.8, 4) is 0 Å². The second-order valence-corrected chi connectivity index (χ2v) is 5.08. The van der Waals surface area contributed by atoms with Crippen molar-refractivity contribution in [3.63, 3.8) is 0 Å². The Balaban J connectivity index is 2.07. The van der Waals surface area contributed by atoms with E-state index in [0.29, 0.717) is 12.5 Å². The Bertz CT molecular complexity index is 356. The predicted octanol–water partition coefficient (Wildman–Crippen LogP) is 3.76. The SMILES string of the molecule is NCCCc1ccc(C2CCCCC2)c(F)c1. The van der Waals surface area contributed by atoms with E-state index in [2.05, 4.69) is 6.07 Å². The van der Waals surface area contributed by atoms with Crippen LogP contribution in [0.3, 0.4) is 0 Å². The van der Waals surface area contributed by atoms with Crippen LogP contribution in [0, 0.1) is 5.82 Å². The molecule has 0 bridgehead atoms. The van der Waals surface area contributed by atoms with Crippen LogP contribution in [0.15, 0.2) is 18.2 Å². The summed E-state index contributed by atoms with van der Waals surface area (Å²) in [4.78, 5) is 0. The normalized spacial score (nSPS) is 17.3. The van der Waals surface area contributed by atoms with E-state index in [0.717, 1.165) is 36.8 Å². The van der Waals surface area contributed by atoms with Gasteiger partial charge in [0, 0.05) is 0 Å². The Morgan fingerprint density at radius 2 is 1.94 bits per heavy atom. The quantitative estimate of drug-likeness (QED) is 0.844. The zero-order valence-corrected chi connectivity index (χ0v) is 10.4. The molecule has 0 aliphatic heterocycles. The fraction of sp³-hybridized carbons (Fsp3) is 0.600. The van der Waals surface area contributed by atoms with Crippen LogP contribution in [-0.4, -0.2) is 6.54 Å². The summed E-state index contributed by atoms with van der Waals surface area (Å²) >= 11 is 0. The van der Waals surface area contributed by atoms with E-state index in [1.165, 1.54) is 19.3 Å². The molecule has 94 valence electrons. The minimum absolute atomic E-state index is 0.00794. The second kappa shape index (κ2) is 6.15. The highest BCUT2D eigenvalue weighted by atomic mass is 19.1. The van der Waals surface area contributed by atoms with Crippen molar-refractivity contribution in [2.24, 2.45) is 5.73 Å². The largest absolute Gasteiger partial charge is 0.330 e. The summed E-state index contributed by atoms with van der Waals surface area (Å²) in [6, 6.07) is 5.78. The first kappa shape index (κ1) is 12.6. The fourth-order valence-electron chi connectivity index (χ4n) is 2.78. The van der Waals surface area contributed by atoms with Crippen molar-refractivity contribution in [3.05, 3.63) is 35.1 Å². The highest BCUT2D eigenvalue weighted by molar-refractivity contribution is 5.27. The molecule has 0 heterocycles. The van der Waals surface area contributed by atoms with Crippen LogP contribution in [0.4, 0.5) is 4.39 Å². The van der Waals surface area contributed by atoms with Crippen molar-refractivity contribution in [1.82, 2.24) is 0 Å². The maximum Gasteiger partial charge on any atom is 0.126 e. The Morgan fingerprint density at radius 3 is 2.59 bits per heavy atom. The van der Waals surface area contributed by atoms with E-state index in [-0.39, 0.29) is 5.82 Å². The lowest BCUT2D eigenvalue weighted by molar-refractivity contribution is 0.429. The van der Waals surface area contributed by atoms with Crippen LogP contribution < -0.4 is 5.73 Å². The molecular formula is C15H22FN. The van der Waals surface area contributed by atoms with Gasteiger partial charge in [0.1, 0.15) is 5.82 Å². The molecule has 1 fully saturated rings. The molecule has 1 aromatic carbocycles. The van der Waals surface area contributed by atoms with E-state index < -0.39 is 0 Å². The highest BCUT2D eigenvalue weighted by Gasteiger charge is 2.18. The topological polar surface area (TPSA) is 26.0 Å². The van der Waals surface area contributed by atoms with Crippen molar-refractivity contribution < 1.29 is 4.39 Å². The first-order valence-corrected chi connectivity index (χ1v) is 6.79. The van der Waals surface area contributed by atoms with Gasteiger partial charge in [0.25, 0.3) is 0 Å². The van der Waals surface area contributed by atoms with Gasteiger partial charge in [-0.05, 0) is 55.3 Å². The van der Waals surface area contributed by atoms with Crippen molar-refractivity contribution in [1.29, 1.82) is 0 Å². The third-order valence-electron chi connectivity index (χ3n) is 3.78. The average Bonchev–Trinajstić information content (AvgIpc) is 2.37. The van der Waals surface area contributed by atoms with Crippen LogP contribution in [0.25, 0.3) is 0 Å². The minimum Gasteiger partial charge on any atom is -0.330 e. The number of halogens is 1. The molecule has 0 unspecified atom stereocenters. The summed E-state index contributed by atoms with van der Waals surface area (Å²) in [6.07, 6.45) is 7.93. The summed E-state index contributed by atoms with van der Waals surface area (Å²) in [5.41, 5.74) is 7.48. The number of hydrogen-bond donors (Lipinski definition) is 1. The summed E-state index contributed by atoms with van der Waals surface area (Å²) in [7, 11) is 0. The molecule has 17 heavy (non-hydrogen) atoms. The zero-order valence-electron chi connectivity index (χ0n) is 10.4. The minimum atomic E-state index is -0.00794. The van der Waals surface area contributed by atoms with Crippen molar-refractivity contribution in [2.75, 3.05) is 6.54 Å². The van der Waals surface area contributed by atoms with E-state index in [4.69, 9.17) is 5.73 Å². The third-order valence-corrected chi connectivity index (χ3v) is 3.78. The van der Waals surface area contributed by atoms with Crippen LogP contribution in [0.5, 0.6) is 0 Å². The smallest absolute Gasteiger partial charge is 0.126 e. The number of rotatable bonds is 4. The lowest BCUT2D eigenvalue weighted by atomic mass is 9.83. The molecule has 0 aromatic heterocycles. The molecule has 0 spiro atoms. The molecule has 2 heteroatoms. The third kappa shape index (κ3) is 3.29. The Morgan fingerprint density at radius 1 is 1.18 bits per heavy atom. The number of nitrogens with two attached hydrogens (primary N) is 1. The van der Waals surface area contributed by atoms with Crippen LogP contribution in [0.1, 0.15) is 55.6 Å². The Hall–Kier alpha value is -0.890. The van der Waals surface area contributed by atoms with E-state index in [1.807, 2.05) is 6.07 Å². The van der Waals surface area contributed by atoms with Gasteiger partial charge in [-0.3, -0.25) is 0 Å². The maximum absolute atomic E-state index is 14.0.